The summed E-state index contributed by atoms with van der Waals surface area (Å²) in [4.78, 5) is 0. The second-order valence-corrected chi connectivity index (χ2v) is 3.25. The zero-order valence-corrected chi connectivity index (χ0v) is 7.72. The van der Waals surface area contributed by atoms with E-state index in [1.165, 1.54) is 0 Å². The minimum absolute atomic E-state index is 0.446. The van der Waals surface area contributed by atoms with Gasteiger partial charge in [0.25, 0.3) is 0 Å². The van der Waals surface area contributed by atoms with Crippen LogP contribution in [0.1, 0.15) is 0 Å². The van der Waals surface area contributed by atoms with Gasteiger partial charge in [0.1, 0.15) is 18.3 Å². The third-order valence-corrected chi connectivity index (χ3v) is 2.16. The standard InChI is InChI=1S/C6H13BO8/c8-2-6(11)5(10)4(9)3(15-6)1-14-7(12)13/h3-5,8-13H,1-2H2/t3-,4+,5+,6-/m0/s1. The van der Waals surface area contributed by atoms with Gasteiger partial charge in [-0.05, 0) is 0 Å². The summed E-state index contributed by atoms with van der Waals surface area (Å²) in [5.74, 6) is -2.26. The molecule has 0 aliphatic carbocycles. The number of rotatable bonds is 4. The quantitative estimate of drug-likeness (QED) is 0.264. The van der Waals surface area contributed by atoms with Crippen molar-refractivity contribution in [3.05, 3.63) is 0 Å². The molecule has 1 fully saturated rings. The van der Waals surface area contributed by atoms with Gasteiger partial charge in [0.2, 0.25) is 5.79 Å². The molecule has 4 atom stereocenters. The SMILES string of the molecule is OC[C@]1(O)O[C@@H](COB(O)O)[C@@H](O)[C@H]1O. The lowest BCUT2D eigenvalue weighted by molar-refractivity contribution is -0.247. The van der Waals surface area contributed by atoms with E-state index in [-0.39, 0.29) is 0 Å². The first-order chi connectivity index (χ1) is 6.90. The van der Waals surface area contributed by atoms with Gasteiger partial charge in [-0.1, -0.05) is 0 Å². The average molecular weight is 224 g/mol. The molecule has 1 aliphatic heterocycles. The minimum atomic E-state index is -2.26. The van der Waals surface area contributed by atoms with Crippen LogP contribution in [0.5, 0.6) is 0 Å². The highest BCUT2D eigenvalue weighted by atomic mass is 16.7. The van der Waals surface area contributed by atoms with Crippen LogP contribution < -0.4 is 0 Å². The van der Waals surface area contributed by atoms with Gasteiger partial charge in [0, 0.05) is 0 Å². The lowest BCUT2D eigenvalue weighted by atomic mass is 10.1. The van der Waals surface area contributed by atoms with Gasteiger partial charge in [-0.2, -0.15) is 0 Å². The van der Waals surface area contributed by atoms with E-state index in [1.54, 1.807) is 0 Å². The predicted molar refractivity (Wildman–Crippen MR) is 45.1 cm³/mol. The van der Waals surface area contributed by atoms with E-state index in [0.29, 0.717) is 0 Å². The molecule has 0 amide bonds. The van der Waals surface area contributed by atoms with Crippen LogP contribution >= 0.6 is 0 Å². The molecule has 1 heterocycles. The van der Waals surface area contributed by atoms with E-state index < -0.39 is 44.6 Å². The zero-order valence-electron chi connectivity index (χ0n) is 7.72. The molecule has 0 spiro atoms. The largest absolute Gasteiger partial charge is 0.633 e. The molecule has 6 N–H and O–H groups in total. The molecule has 8 nitrogen and oxygen atoms in total. The van der Waals surface area contributed by atoms with Gasteiger partial charge in [-0.3, -0.25) is 0 Å². The van der Waals surface area contributed by atoms with Gasteiger partial charge in [0.15, 0.2) is 0 Å². The average Bonchev–Trinajstić information content (AvgIpc) is 2.41. The molecule has 0 unspecified atom stereocenters. The van der Waals surface area contributed by atoms with E-state index in [0.717, 1.165) is 0 Å². The highest BCUT2D eigenvalue weighted by Crippen LogP contribution is 2.28. The summed E-state index contributed by atoms with van der Waals surface area (Å²) in [6.07, 6.45) is -4.33. The molecule has 0 radical (unpaired) electrons. The summed E-state index contributed by atoms with van der Waals surface area (Å²) in [5, 5.41) is 53.5. The highest BCUT2D eigenvalue weighted by Gasteiger charge is 2.53. The van der Waals surface area contributed by atoms with Crippen molar-refractivity contribution in [2.45, 2.75) is 24.1 Å². The Balaban J connectivity index is 2.55. The summed E-state index contributed by atoms with van der Waals surface area (Å²) >= 11 is 0. The maximum Gasteiger partial charge on any atom is 0.633 e. The van der Waals surface area contributed by atoms with Gasteiger partial charge >= 0.3 is 7.32 Å². The maximum absolute atomic E-state index is 9.41. The summed E-state index contributed by atoms with van der Waals surface area (Å²) < 4.78 is 9.04. The smallest absolute Gasteiger partial charge is 0.402 e. The Morgan fingerprint density at radius 3 is 2.33 bits per heavy atom. The monoisotopic (exact) mass is 224 g/mol. The summed E-state index contributed by atoms with van der Waals surface area (Å²) in [7, 11) is -2.04. The van der Waals surface area contributed by atoms with Crippen LogP contribution in [0.3, 0.4) is 0 Å². The molecule has 9 heteroatoms. The first-order valence-electron chi connectivity index (χ1n) is 4.25. The van der Waals surface area contributed by atoms with Crippen molar-refractivity contribution in [3.8, 4) is 0 Å². The molecule has 0 saturated carbocycles. The van der Waals surface area contributed by atoms with Crippen molar-refractivity contribution in [1.29, 1.82) is 0 Å². The van der Waals surface area contributed by atoms with Crippen molar-refractivity contribution in [1.82, 2.24) is 0 Å². The van der Waals surface area contributed by atoms with Crippen LogP contribution in [-0.4, -0.2) is 75.1 Å². The van der Waals surface area contributed by atoms with Crippen molar-refractivity contribution in [2.24, 2.45) is 0 Å². The van der Waals surface area contributed by atoms with Crippen molar-refractivity contribution < 1.29 is 39.9 Å². The van der Waals surface area contributed by atoms with Gasteiger partial charge in [-0.25, -0.2) is 0 Å². The summed E-state index contributed by atoms with van der Waals surface area (Å²) in [6, 6.07) is 0. The maximum atomic E-state index is 9.41. The first-order valence-corrected chi connectivity index (χ1v) is 4.25. The van der Waals surface area contributed by atoms with Crippen LogP contribution in [0.15, 0.2) is 0 Å². The van der Waals surface area contributed by atoms with Crippen LogP contribution in [0.25, 0.3) is 0 Å². The van der Waals surface area contributed by atoms with Gasteiger partial charge < -0.3 is 39.9 Å². The van der Waals surface area contributed by atoms with E-state index in [1.807, 2.05) is 0 Å². The molecule has 1 saturated heterocycles. The Labute approximate surface area is 85.5 Å². The molecular weight excluding hydrogens is 211 g/mol. The second-order valence-electron chi connectivity index (χ2n) is 3.25. The molecule has 0 aromatic rings. The Morgan fingerprint density at radius 2 is 1.93 bits per heavy atom. The van der Waals surface area contributed by atoms with Crippen LogP contribution in [0.4, 0.5) is 0 Å². The highest BCUT2D eigenvalue weighted by molar-refractivity contribution is 6.32. The van der Waals surface area contributed by atoms with Crippen molar-refractivity contribution in [3.63, 3.8) is 0 Å². The molecule has 0 aromatic carbocycles. The molecule has 1 rings (SSSR count). The third-order valence-electron chi connectivity index (χ3n) is 2.16. The lowest BCUT2D eigenvalue weighted by Gasteiger charge is -2.22. The number of hydrogen-bond acceptors (Lipinski definition) is 8. The summed E-state index contributed by atoms with van der Waals surface area (Å²) in [5.41, 5.74) is 0. The molecule has 88 valence electrons. The summed E-state index contributed by atoms with van der Waals surface area (Å²) in [6.45, 7) is -1.35. The Hall–Kier alpha value is -0.255. The fraction of sp³-hybridized carbons (Fsp3) is 1.00. The molecule has 0 bridgehead atoms. The van der Waals surface area contributed by atoms with E-state index >= 15 is 0 Å². The third kappa shape index (κ3) is 2.65. The van der Waals surface area contributed by atoms with E-state index in [2.05, 4.69) is 4.65 Å². The fourth-order valence-electron chi connectivity index (χ4n) is 1.32. The van der Waals surface area contributed by atoms with Crippen LogP contribution in [0.2, 0.25) is 0 Å². The zero-order chi connectivity index (χ0) is 11.6. The van der Waals surface area contributed by atoms with Gasteiger partial charge in [-0.15, -0.1) is 0 Å². The van der Waals surface area contributed by atoms with Crippen molar-refractivity contribution >= 4 is 7.32 Å². The Kier molecular flexibility index (Phi) is 4.03. The first kappa shape index (κ1) is 12.8. The molecule has 1 aliphatic rings. The predicted octanol–water partition coefficient (Wildman–Crippen LogP) is -4.23. The topological polar surface area (TPSA) is 140 Å². The molecule has 15 heavy (non-hydrogen) atoms. The minimum Gasteiger partial charge on any atom is -0.402 e. The normalized spacial score (nSPS) is 40.8. The fourth-order valence-corrected chi connectivity index (χ4v) is 1.32. The lowest BCUT2D eigenvalue weighted by Crippen LogP contribution is -2.46. The van der Waals surface area contributed by atoms with E-state index in [9.17, 15) is 15.3 Å². The molecular formula is C6H13BO8. The number of ether oxygens (including phenoxy) is 1. The second kappa shape index (κ2) is 4.72. The number of aliphatic hydroxyl groups excluding tert-OH is 3. The van der Waals surface area contributed by atoms with Crippen molar-refractivity contribution in [2.75, 3.05) is 13.2 Å². The van der Waals surface area contributed by atoms with Crippen LogP contribution in [-0.2, 0) is 9.39 Å². The number of hydrogen-bond donors (Lipinski definition) is 6. The Bertz CT molecular complexity index is 213. The number of aliphatic hydroxyl groups is 4. The Morgan fingerprint density at radius 1 is 1.33 bits per heavy atom. The molecule has 0 aromatic heterocycles. The van der Waals surface area contributed by atoms with Crippen LogP contribution in [0, 0.1) is 0 Å². The van der Waals surface area contributed by atoms with Gasteiger partial charge in [0.05, 0.1) is 13.2 Å². The van der Waals surface area contributed by atoms with E-state index in [4.69, 9.17) is 19.9 Å².